The second-order valence-electron chi connectivity index (χ2n) is 10.5. The highest BCUT2D eigenvalue weighted by Crippen LogP contribution is 2.33. The number of halogens is 1. The smallest absolute Gasteiger partial charge is 0.264 e. The number of nitrogens with zero attached hydrogens (tertiary/aromatic N) is 2. The van der Waals surface area contributed by atoms with E-state index < -0.39 is 28.5 Å². The molecule has 3 rings (SSSR count). The Morgan fingerprint density at radius 3 is 2.07 bits per heavy atom. The summed E-state index contributed by atoms with van der Waals surface area (Å²) in [6.45, 7) is 8.70. The Labute approximate surface area is 259 Å². The third-order valence-electron chi connectivity index (χ3n) is 7.15. The average molecular weight is 630 g/mol. The summed E-state index contributed by atoms with van der Waals surface area (Å²) in [5, 5.41) is 3.46. The maximum atomic E-state index is 14.2. The molecule has 232 valence electrons. The molecular weight excluding hydrogens is 590 g/mol. The lowest BCUT2D eigenvalue weighted by molar-refractivity contribution is -0.139. The van der Waals surface area contributed by atoms with E-state index in [2.05, 4.69) is 5.32 Å². The molecule has 1 N–H and O–H groups in total. The van der Waals surface area contributed by atoms with Gasteiger partial charge >= 0.3 is 0 Å². The van der Waals surface area contributed by atoms with Crippen molar-refractivity contribution in [1.29, 1.82) is 0 Å². The van der Waals surface area contributed by atoms with Gasteiger partial charge in [-0.2, -0.15) is 0 Å². The minimum atomic E-state index is -4.29. The van der Waals surface area contributed by atoms with Crippen LogP contribution in [-0.2, 0) is 26.2 Å². The molecule has 0 saturated carbocycles. The summed E-state index contributed by atoms with van der Waals surface area (Å²) in [6, 6.07) is 15.6. The maximum Gasteiger partial charge on any atom is 0.264 e. The highest BCUT2D eigenvalue weighted by atomic mass is 35.5. The summed E-state index contributed by atoms with van der Waals surface area (Å²) in [5.41, 5.74) is 2.72. The first-order valence-corrected chi connectivity index (χ1v) is 15.8. The van der Waals surface area contributed by atoms with Crippen molar-refractivity contribution in [2.24, 2.45) is 0 Å². The van der Waals surface area contributed by atoms with Gasteiger partial charge in [-0.15, -0.1) is 0 Å². The number of benzene rings is 3. The molecule has 0 radical (unpaired) electrons. The Bertz CT molecular complexity index is 1520. The van der Waals surface area contributed by atoms with E-state index in [0.29, 0.717) is 22.9 Å². The number of carbonyl (C=O) groups excluding carboxylic acids is 2. The highest BCUT2D eigenvalue weighted by molar-refractivity contribution is 7.92. The standard InChI is InChI=1S/C32H40ClN3O6S/c1-8-23(4)34-32(38)24(5)35(19-25-9-11-26(33)12-10-25)31(37)20-36(27-16-21(2)15-22(3)17-27)43(39,40)28-13-14-29(41-6)30(18-28)42-7/h9-18,23-24H,8,19-20H2,1-7H3,(H,34,38)/t23-,24-/m0/s1. The zero-order valence-corrected chi connectivity index (χ0v) is 27.3. The lowest BCUT2D eigenvalue weighted by atomic mass is 10.1. The van der Waals surface area contributed by atoms with Crippen molar-refractivity contribution in [3.05, 3.63) is 82.4 Å². The first-order valence-electron chi connectivity index (χ1n) is 14.0. The zero-order chi connectivity index (χ0) is 31.9. The lowest BCUT2D eigenvalue weighted by Crippen LogP contribution is -2.52. The molecule has 0 bridgehead atoms. The number of aryl methyl sites for hydroxylation is 2. The van der Waals surface area contributed by atoms with Crippen LogP contribution in [0.1, 0.15) is 43.9 Å². The van der Waals surface area contributed by atoms with Crippen LogP contribution >= 0.6 is 11.6 Å². The van der Waals surface area contributed by atoms with Gasteiger partial charge in [-0.3, -0.25) is 13.9 Å². The van der Waals surface area contributed by atoms with Crippen LogP contribution in [0.4, 0.5) is 5.69 Å². The van der Waals surface area contributed by atoms with E-state index in [1.54, 1.807) is 43.3 Å². The van der Waals surface area contributed by atoms with Crippen molar-refractivity contribution < 1.29 is 27.5 Å². The summed E-state index contributed by atoms with van der Waals surface area (Å²) in [5.74, 6) is -0.289. The molecule has 0 aliphatic carbocycles. The van der Waals surface area contributed by atoms with E-state index in [9.17, 15) is 18.0 Å². The number of hydrogen-bond donors (Lipinski definition) is 1. The Morgan fingerprint density at radius 2 is 1.51 bits per heavy atom. The molecule has 0 fully saturated rings. The Balaban J connectivity index is 2.10. The number of carbonyl (C=O) groups is 2. The van der Waals surface area contributed by atoms with E-state index in [1.165, 1.54) is 37.3 Å². The van der Waals surface area contributed by atoms with Gasteiger partial charge in [0.15, 0.2) is 11.5 Å². The van der Waals surface area contributed by atoms with Gasteiger partial charge in [-0.05, 0) is 87.2 Å². The maximum absolute atomic E-state index is 14.2. The van der Waals surface area contributed by atoms with Crippen LogP contribution in [-0.4, -0.2) is 58.0 Å². The number of methoxy groups -OCH3 is 2. The van der Waals surface area contributed by atoms with E-state index in [0.717, 1.165) is 21.0 Å². The SMILES string of the molecule is CC[C@H](C)NC(=O)[C@H](C)N(Cc1ccc(Cl)cc1)C(=O)CN(c1cc(C)cc(C)c1)S(=O)(=O)c1ccc(OC)c(OC)c1. The minimum absolute atomic E-state index is 0.0716. The molecule has 0 aliphatic rings. The number of ether oxygens (including phenoxy) is 2. The molecule has 0 heterocycles. The van der Waals surface area contributed by atoms with Crippen LogP contribution in [0, 0.1) is 13.8 Å². The van der Waals surface area contributed by atoms with Crippen LogP contribution in [0.25, 0.3) is 0 Å². The average Bonchev–Trinajstić information content (AvgIpc) is 2.97. The quantitative estimate of drug-likeness (QED) is 0.268. The predicted molar refractivity (Wildman–Crippen MR) is 169 cm³/mol. The second kappa shape index (κ2) is 14.6. The predicted octanol–water partition coefficient (Wildman–Crippen LogP) is 5.50. The monoisotopic (exact) mass is 629 g/mol. The highest BCUT2D eigenvalue weighted by Gasteiger charge is 2.33. The van der Waals surface area contributed by atoms with Crippen molar-refractivity contribution in [2.45, 2.75) is 64.6 Å². The molecule has 9 nitrogen and oxygen atoms in total. The van der Waals surface area contributed by atoms with Crippen LogP contribution in [0.5, 0.6) is 11.5 Å². The molecule has 2 atom stereocenters. The van der Waals surface area contributed by atoms with Crippen LogP contribution in [0.3, 0.4) is 0 Å². The Kier molecular flexibility index (Phi) is 11.5. The van der Waals surface area contributed by atoms with Gasteiger partial charge in [-0.1, -0.05) is 36.7 Å². The molecule has 0 saturated heterocycles. The summed E-state index contributed by atoms with van der Waals surface area (Å²) < 4.78 is 40.2. The van der Waals surface area contributed by atoms with Gasteiger partial charge in [-0.25, -0.2) is 8.42 Å². The van der Waals surface area contributed by atoms with Crippen LogP contribution in [0.15, 0.2) is 65.6 Å². The first kappa shape index (κ1) is 33.7. The summed E-state index contributed by atoms with van der Waals surface area (Å²) in [4.78, 5) is 28.7. The van der Waals surface area contributed by atoms with E-state index in [-0.39, 0.29) is 29.1 Å². The zero-order valence-electron chi connectivity index (χ0n) is 25.7. The van der Waals surface area contributed by atoms with Gasteiger partial charge in [0, 0.05) is 23.7 Å². The Hall–Kier alpha value is -3.76. The number of anilines is 1. The molecule has 11 heteroatoms. The van der Waals surface area contributed by atoms with E-state index in [4.69, 9.17) is 21.1 Å². The number of sulfonamides is 1. The summed E-state index contributed by atoms with van der Waals surface area (Å²) in [6.07, 6.45) is 0.716. The van der Waals surface area contributed by atoms with E-state index >= 15 is 0 Å². The van der Waals surface area contributed by atoms with Gasteiger partial charge in [0.2, 0.25) is 11.8 Å². The molecule has 0 aromatic heterocycles. The molecule has 2 amide bonds. The van der Waals surface area contributed by atoms with Gasteiger partial charge < -0.3 is 19.7 Å². The normalized spacial score (nSPS) is 12.7. The number of hydrogen-bond acceptors (Lipinski definition) is 6. The van der Waals surface area contributed by atoms with Crippen LogP contribution in [0.2, 0.25) is 5.02 Å². The molecule has 43 heavy (non-hydrogen) atoms. The summed E-state index contributed by atoms with van der Waals surface area (Å²) in [7, 11) is -1.41. The molecule has 0 aliphatic heterocycles. The van der Waals surface area contributed by atoms with Crippen molar-refractivity contribution in [3.63, 3.8) is 0 Å². The van der Waals surface area contributed by atoms with Crippen molar-refractivity contribution in [3.8, 4) is 11.5 Å². The first-order chi connectivity index (χ1) is 20.3. The van der Waals surface area contributed by atoms with Gasteiger partial charge in [0.05, 0.1) is 24.8 Å². The molecule has 0 spiro atoms. The fraction of sp³-hybridized carbons (Fsp3) is 0.375. The fourth-order valence-corrected chi connectivity index (χ4v) is 6.10. The molecule has 3 aromatic rings. The van der Waals surface area contributed by atoms with Crippen molar-refractivity contribution in [1.82, 2.24) is 10.2 Å². The molecular formula is C32H40ClN3O6S. The number of nitrogens with one attached hydrogen (secondary N) is 1. The number of rotatable bonds is 13. The Morgan fingerprint density at radius 1 is 0.907 bits per heavy atom. The van der Waals surface area contributed by atoms with E-state index in [1.807, 2.05) is 33.8 Å². The van der Waals surface area contributed by atoms with Crippen molar-refractivity contribution in [2.75, 3.05) is 25.1 Å². The fourth-order valence-electron chi connectivity index (χ4n) is 4.56. The third-order valence-corrected chi connectivity index (χ3v) is 9.17. The van der Waals surface area contributed by atoms with Gasteiger partial charge in [0.25, 0.3) is 10.0 Å². The number of amides is 2. The summed E-state index contributed by atoms with van der Waals surface area (Å²) >= 11 is 6.07. The molecule has 3 aromatic carbocycles. The van der Waals surface area contributed by atoms with Gasteiger partial charge in [0.1, 0.15) is 12.6 Å². The van der Waals surface area contributed by atoms with Crippen molar-refractivity contribution >= 4 is 39.1 Å². The minimum Gasteiger partial charge on any atom is -0.493 e. The second-order valence-corrected chi connectivity index (χ2v) is 12.8. The molecule has 0 unspecified atom stereocenters. The van der Waals surface area contributed by atoms with Crippen LogP contribution < -0.4 is 19.1 Å². The lowest BCUT2D eigenvalue weighted by Gasteiger charge is -2.32. The third kappa shape index (κ3) is 8.42. The topological polar surface area (TPSA) is 105 Å². The largest absolute Gasteiger partial charge is 0.493 e.